The summed E-state index contributed by atoms with van der Waals surface area (Å²) in [4.78, 5) is 16.0. The van der Waals surface area contributed by atoms with Gasteiger partial charge in [-0.05, 0) is 75.6 Å². The molecule has 6 nitrogen and oxygen atoms in total. The van der Waals surface area contributed by atoms with Crippen LogP contribution in [0.25, 0.3) is 127 Å². The van der Waals surface area contributed by atoms with Crippen LogP contribution in [-0.2, 0) is 0 Å². The van der Waals surface area contributed by atoms with Crippen molar-refractivity contribution in [2.75, 3.05) is 0 Å². The van der Waals surface area contributed by atoms with Crippen LogP contribution in [0, 0.1) is 0 Å². The summed E-state index contributed by atoms with van der Waals surface area (Å²) in [5.41, 5.74) is 9.26. The number of para-hydroxylation sites is 3. The van der Waals surface area contributed by atoms with Gasteiger partial charge in [0, 0.05) is 49.0 Å². The zero-order valence-electron chi connectivity index (χ0n) is 33.4. The summed E-state index contributed by atoms with van der Waals surface area (Å²) in [5.74, 6) is 1.67. The lowest BCUT2D eigenvalue weighted by Gasteiger charge is -2.13. The maximum absolute atomic E-state index is 6.37. The van der Waals surface area contributed by atoms with E-state index in [1.807, 2.05) is 50.2 Å². The van der Waals surface area contributed by atoms with Crippen LogP contribution >= 0.6 is 0 Å². The van der Waals surface area contributed by atoms with Crippen molar-refractivity contribution in [3.8, 4) is 39.9 Å². The van der Waals surface area contributed by atoms with Crippen LogP contribution in [-0.4, -0.2) is 19.5 Å². The lowest BCUT2D eigenvalue weighted by Crippen LogP contribution is -2.07. The minimum Gasteiger partial charge on any atom is -0.456 e. The van der Waals surface area contributed by atoms with Crippen molar-refractivity contribution < 1.29 is 8.83 Å². The Hall–Kier alpha value is -8.09. The van der Waals surface area contributed by atoms with Crippen LogP contribution in [0.15, 0.2) is 191 Å². The molecule has 6 heteroatoms. The van der Waals surface area contributed by atoms with Crippen LogP contribution in [0.3, 0.4) is 0 Å². The smallest absolute Gasteiger partial charge is 0.238 e. The van der Waals surface area contributed by atoms with Crippen molar-refractivity contribution in [3.05, 3.63) is 182 Å². The van der Waals surface area contributed by atoms with Crippen LogP contribution in [0.2, 0.25) is 0 Å². The van der Waals surface area contributed by atoms with E-state index < -0.39 is 0 Å². The molecule has 61 heavy (non-hydrogen) atoms. The molecule has 0 fully saturated rings. The van der Waals surface area contributed by atoms with E-state index in [1.165, 1.54) is 10.8 Å². The number of nitrogens with zero attached hydrogens (tertiary/aromatic N) is 4. The second-order valence-electron chi connectivity index (χ2n) is 15.2. The van der Waals surface area contributed by atoms with E-state index in [0.29, 0.717) is 17.6 Å². The third-order valence-corrected chi connectivity index (χ3v) is 11.8. The van der Waals surface area contributed by atoms with E-state index >= 15 is 0 Å². The first-order valence-electron chi connectivity index (χ1n) is 20.8. The van der Waals surface area contributed by atoms with Crippen molar-refractivity contribution >= 4 is 87.2 Å². The zero-order valence-corrected chi connectivity index (χ0v) is 33.4. The molecule has 0 atom stereocenters. The first kappa shape index (κ1) is 34.9. The highest BCUT2D eigenvalue weighted by Gasteiger charge is 2.23. The summed E-state index contributed by atoms with van der Waals surface area (Å²) >= 11 is 0. The molecule has 0 spiro atoms. The summed E-state index contributed by atoms with van der Waals surface area (Å²) in [6, 6.07) is 63.4. The molecule has 0 saturated heterocycles. The highest BCUT2D eigenvalue weighted by Crippen LogP contribution is 2.42. The molecule has 288 valence electrons. The summed E-state index contributed by atoms with van der Waals surface area (Å²) in [6.45, 7) is 4.00. The summed E-state index contributed by atoms with van der Waals surface area (Å²) in [6.07, 6.45) is 0. The number of benzene rings is 9. The highest BCUT2D eigenvalue weighted by molar-refractivity contribution is 6.23. The molecule has 0 amide bonds. The molecule has 0 aliphatic carbocycles. The monoisotopic (exact) mass is 784 g/mol. The first-order chi connectivity index (χ1) is 30.2. The van der Waals surface area contributed by atoms with Crippen LogP contribution in [0.4, 0.5) is 0 Å². The quantitative estimate of drug-likeness (QED) is 0.178. The number of fused-ring (bicyclic) bond motifs is 12. The Morgan fingerprint density at radius 1 is 0.377 bits per heavy atom. The second-order valence-corrected chi connectivity index (χ2v) is 15.2. The minimum atomic E-state index is 0.528. The summed E-state index contributed by atoms with van der Waals surface area (Å²) in [7, 11) is 0. The van der Waals surface area contributed by atoms with Crippen molar-refractivity contribution in [1.29, 1.82) is 0 Å². The molecule has 0 saturated carbocycles. The van der Waals surface area contributed by atoms with Crippen LogP contribution in [0.1, 0.15) is 13.8 Å². The molecular weight excluding hydrogens is 749 g/mol. The average Bonchev–Trinajstić information content (AvgIpc) is 4.01. The maximum atomic E-state index is 6.37. The molecule has 9 aromatic carbocycles. The predicted octanol–water partition coefficient (Wildman–Crippen LogP) is 15.1. The van der Waals surface area contributed by atoms with E-state index in [-0.39, 0.29) is 0 Å². The van der Waals surface area contributed by atoms with E-state index in [2.05, 4.69) is 150 Å². The van der Waals surface area contributed by atoms with Gasteiger partial charge in [0.15, 0.2) is 11.6 Å². The summed E-state index contributed by atoms with van der Waals surface area (Å²) < 4.78 is 14.9. The lowest BCUT2D eigenvalue weighted by atomic mass is 9.98. The molecular formula is C55H36N4O2. The normalized spacial score (nSPS) is 11.8. The van der Waals surface area contributed by atoms with Crippen LogP contribution < -0.4 is 0 Å². The van der Waals surface area contributed by atoms with E-state index in [1.54, 1.807) is 0 Å². The molecule has 0 radical (unpaired) electrons. The van der Waals surface area contributed by atoms with E-state index in [0.717, 1.165) is 98.7 Å². The molecule has 0 unspecified atom stereocenters. The van der Waals surface area contributed by atoms with Gasteiger partial charge in [-0.15, -0.1) is 0 Å². The first-order valence-corrected chi connectivity index (χ1v) is 20.8. The number of hydrogen-bond donors (Lipinski definition) is 0. The fourth-order valence-electron chi connectivity index (χ4n) is 9.09. The van der Waals surface area contributed by atoms with Gasteiger partial charge in [0.05, 0.1) is 11.0 Å². The number of furan rings is 2. The third-order valence-electron chi connectivity index (χ3n) is 11.8. The number of aromatic nitrogens is 4. The van der Waals surface area contributed by atoms with E-state index in [4.69, 9.17) is 23.8 Å². The Morgan fingerprint density at radius 3 is 1.75 bits per heavy atom. The highest BCUT2D eigenvalue weighted by atomic mass is 16.3. The Bertz CT molecular complexity index is 3870. The van der Waals surface area contributed by atoms with Crippen molar-refractivity contribution in [3.63, 3.8) is 0 Å². The van der Waals surface area contributed by atoms with Gasteiger partial charge >= 0.3 is 0 Å². The fourth-order valence-corrected chi connectivity index (χ4v) is 9.09. The van der Waals surface area contributed by atoms with Gasteiger partial charge < -0.3 is 8.83 Å². The molecule has 0 N–H and O–H groups in total. The van der Waals surface area contributed by atoms with Crippen LogP contribution in [0.5, 0.6) is 0 Å². The molecule has 0 aliphatic rings. The van der Waals surface area contributed by atoms with Gasteiger partial charge in [0.25, 0.3) is 0 Å². The van der Waals surface area contributed by atoms with Crippen molar-refractivity contribution in [1.82, 2.24) is 19.5 Å². The minimum absolute atomic E-state index is 0.528. The number of hydrogen-bond acceptors (Lipinski definition) is 5. The lowest BCUT2D eigenvalue weighted by molar-refractivity contribution is 0.668. The molecule has 13 aromatic rings. The maximum Gasteiger partial charge on any atom is 0.238 e. The largest absolute Gasteiger partial charge is 0.456 e. The van der Waals surface area contributed by atoms with Gasteiger partial charge in [0.2, 0.25) is 5.95 Å². The molecule has 4 heterocycles. The zero-order chi connectivity index (χ0) is 40.6. The van der Waals surface area contributed by atoms with Crippen molar-refractivity contribution in [2.24, 2.45) is 0 Å². The van der Waals surface area contributed by atoms with Gasteiger partial charge in [-0.2, -0.15) is 9.97 Å². The third kappa shape index (κ3) is 5.46. The summed E-state index contributed by atoms with van der Waals surface area (Å²) in [5, 5.41) is 11.2. The van der Waals surface area contributed by atoms with Gasteiger partial charge in [0.1, 0.15) is 22.3 Å². The topological polar surface area (TPSA) is 69.9 Å². The van der Waals surface area contributed by atoms with Crippen molar-refractivity contribution in [2.45, 2.75) is 13.8 Å². The fraction of sp³-hybridized carbons (Fsp3) is 0.0364. The SMILES string of the molecule is CC.c1ccc2cc(-c3nc(-c4ccc5c(c4)oc4ccccc45)nc(-n4c5ccc6ccccc6c5c5cccc(-c6ccc7oc8ccccc8c7c6)c54)n3)ccc2c1. The van der Waals surface area contributed by atoms with Gasteiger partial charge in [-0.1, -0.05) is 147 Å². The Kier molecular flexibility index (Phi) is 7.87. The van der Waals surface area contributed by atoms with E-state index in [9.17, 15) is 0 Å². The molecule has 0 bridgehead atoms. The molecule has 0 aliphatic heterocycles. The average molecular weight is 785 g/mol. The predicted molar refractivity (Wildman–Crippen MR) is 251 cm³/mol. The number of rotatable bonds is 4. The van der Waals surface area contributed by atoms with Gasteiger partial charge in [-0.3, -0.25) is 4.57 Å². The Morgan fingerprint density at radius 2 is 0.951 bits per heavy atom. The Balaban J connectivity index is 0.00000197. The standard InChI is InChI=1S/C53H30N4O2.C2H6/c1-2-12-33-28-35(21-20-31(33)10-1)51-54-52(36-22-25-41-39-14-5-7-18-45(39)59-48(41)30-36)56-53(55-51)57-44-26-23-32-11-3-4-13-37(32)49(44)42-17-9-16-38(50(42)57)34-24-27-47-43(29-34)40-15-6-8-19-46(40)58-47;1-2/h1-30H;1-2H3. The van der Waals surface area contributed by atoms with Gasteiger partial charge in [-0.25, -0.2) is 4.98 Å². The molecule has 13 rings (SSSR count). The Labute approximate surface area is 350 Å². The second kappa shape index (κ2) is 13.8. The molecule has 4 aromatic heterocycles.